The van der Waals surface area contributed by atoms with Gasteiger partial charge in [0.05, 0.1) is 18.2 Å². The molecule has 0 bridgehead atoms. The molecule has 2 aromatic rings. The molecule has 0 saturated heterocycles. The van der Waals surface area contributed by atoms with E-state index < -0.39 is 11.6 Å². The fourth-order valence-electron chi connectivity index (χ4n) is 2.33. The van der Waals surface area contributed by atoms with Crippen LogP contribution in [-0.4, -0.2) is 32.3 Å². The maximum Gasteiger partial charge on any atom is 0.236 e. The van der Waals surface area contributed by atoms with Gasteiger partial charge in [-0.2, -0.15) is 0 Å². The highest BCUT2D eigenvalue weighted by Crippen LogP contribution is 2.28. The van der Waals surface area contributed by atoms with Crippen LogP contribution in [0.15, 0.2) is 40.4 Å². The normalized spacial score (nSPS) is 13.6. The lowest BCUT2D eigenvalue weighted by molar-refractivity contribution is -0.111. The van der Waals surface area contributed by atoms with Crippen molar-refractivity contribution in [1.82, 2.24) is 0 Å². The summed E-state index contributed by atoms with van der Waals surface area (Å²) in [4.78, 5) is 36.4. The number of carbonyl (C=O) groups is 3. The number of fused-ring (bicyclic) bond motifs is 1. The van der Waals surface area contributed by atoms with Crippen molar-refractivity contribution in [1.29, 1.82) is 0 Å². The number of methoxy groups -OCH3 is 1. The fraction of sp³-hybridized carbons (Fsp3) is 0.0625. The van der Waals surface area contributed by atoms with Crippen molar-refractivity contribution in [3.8, 4) is 5.75 Å². The van der Waals surface area contributed by atoms with Gasteiger partial charge in [-0.1, -0.05) is 0 Å². The molecule has 22 heavy (non-hydrogen) atoms. The van der Waals surface area contributed by atoms with Crippen LogP contribution in [0.1, 0.15) is 32.0 Å². The number of furan rings is 1. The lowest BCUT2D eigenvalue weighted by Gasteiger charge is -2.08. The van der Waals surface area contributed by atoms with Gasteiger partial charge in [0.25, 0.3) is 0 Å². The first-order valence-electron chi connectivity index (χ1n) is 6.60. The Bertz CT molecular complexity index is 827. The molecule has 5 nitrogen and oxygen atoms in total. The van der Waals surface area contributed by atoms with Crippen molar-refractivity contribution in [2.45, 2.75) is 0 Å². The van der Waals surface area contributed by atoms with E-state index >= 15 is 0 Å². The standard InChI is InChI=1S/C16H11BO5/c1-21-9-4-2-8(3-5-9)14(18)10-7-22-12-6-11(17)15(19)16(20)13(10)12/h2-7H,17H2,1H3. The minimum atomic E-state index is -0.708. The highest BCUT2D eigenvalue weighted by molar-refractivity contribution is 6.62. The molecule has 0 saturated carbocycles. The number of ether oxygens (including phenoxy) is 1. The molecule has 1 aliphatic rings. The first-order valence-corrected chi connectivity index (χ1v) is 6.60. The topological polar surface area (TPSA) is 73.6 Å². The van der Waals surface area contributed by atoms with Crippen LogP contribution in [0.2, 0.25) is 0 Å². The molecule has 0 N–H and O–H groups in total. The molecule has 0 unspecified atom stereocenters. The lowest BCUT2D eigenvalue weighted by atomic mass is 9.81. The Morgan fingerprint density at radius 1 is 1.14 bits per heavy atom. The number of rotatable bonds is 3. The van der Waals surface area contributed by atoms with Crippen LogP contribution in [0, 0.1) is 0 Å². The molecule has 108 valence electrons. The molecular formula is C16H11BO5. The van der Waals surface area contributed by atoms with E-state index in [0.717, 1.165) is 0 Å². The van der Waals surface area contributed by atoms with Gasteiger partial charge in [0.1, 0.15) is 25.6 Å². The van der Waals surface area contributed by atoms with Crippen LogP contribution < -0.4 is 4.74 Å². The van der Waals surface area contributed by atoms with Gasteiger partial charge < -0.3 is 9.15 Å². The zero-order valence-corrected chi connectivity index (χ0v) is 12.0. The summed E-state index contributed by atoms with van der Waals surface area (Å²) in [7, 11) is 3.07. The van der Waals surface area contributed by atoms with Crippen LogP contribution in [0.25, 0.3) is 6.08 Å². The summed E-state index contributed by atoms with van der Waals surface area (Å²) < 4.78 is 10.3. The van der Waals surface area contributed by atoms with Gasteiger partial charge in [0, 0.05) is 5.56 Å². The third kappa shape index (κ3) is 2.09. The largest absolute Gasteiger partial charge is 0.497 e. The molecule has 1 aliphatic carbocycles. The van der Waals surface area contributed by atoms with Gasteiger partial charge in [0.2, 0.25) is 11.6 Å². The fourth-order valence-corrected chi connectivity index (χ4v) is 2.33. The van der Waals surface area contributed by atoms with E-state index in [1.807, 2.05) is 0 Å². The van der Waals surface area contributed by atoms with E-state index in [4.69, 9.17) is 9.15 Å². The van der Waals surface area contributed by atoms with Crippen molar-refractivity contribution < 1.29 is 23.5 Å². The number of hydrogen-bond acceptors (Lipinski definition) is 5. The smallest absolute Gasteiger partial charge is 0.236 e. The number of Topliss-reactive ketones (excluding diaryl/α,β-unsaturated/α-hetero) is 2. The average Bonchev–Trinajstić information content (AvgIpc) is 2.96. The molecule has 0 radical (unpaired) electrons. The molecule has 0 fully saturated rings. The average molecular weight is 294 g/mol. The summed E-state index contributed by atoms with van der Waals surface area (Å²) in [6.07, 6.45) is 2.70. The maximum absolute atomic E-state index is 12.5. The Balaban J connectivity index is 2.05. The molecule has 1 aromatic carbocycles. The first-order chi connectivity index (χ1) is 10.5. The zero-order valence-electron chi connectivity index (χ0n) is 12.0. The van der Waals surface area contributed by atoms with Crippen molar-refractivity contribution in [2.24, 2.45) is 0 Å². The predicted molar refractivity (Wildman–Crippen MR) is 81.0 cm³/mol. The summed E-state index contributed by atoms with van der Waals surface area (Å²) in [5, 5.41) is 0. The summed E-state index contributed by atoms with van der Waals surface area (Å²) in [5.41, 5.74) is 0.824. The van der Waals surface area contributed by atoms with Gasteiger partial charge in [-0.3, -0.25) is 14.4 Å². The van der Waals surface area contributed by atoms with E-state index in [1.54, 1.807) is 24.3 Å². The molecule has 0 spiro atoms. The van der Waals surface area contributed by atoms with Crippen molar-refractivity contribution in [3.63, 3.8) is 0 Å². The van der Waals surface area contributed by atoms with Gasteiger partial charge in [-0.25, -0.2) is 0 Å². The molecule has 0 aliphatic heterocycles. The van der Waals surface area contributed by atoms with Crippen LogP contribution in [0.4, 0.5) is 0 Å². The predicted octanol–water partition coefficient (Wildman–Crippen LogP) is 1.26. The Kier molecular flexibility index (Phi) is 3.29. The minimum absolute atomic E-state index is 0.0384. The lowest BCUT2D eigenvalue weighted by Crippen LogP contribution is -2.22. The second kappa shape index (κ2) is 5.14. The van der Waals surface area contributed by atoms with Crippen molar-refractivity contribution in [2.75, 3.05) is 7.11 Å². The third-order valence-electron chi connectivity index (χ3n) is 3.56. The highest BCUT2D eigenvalue weighted by atomic mass is 16.5. The summed E-state index contributed by atoms with van der Waals surface area (Å²) in [6, 6.07) is 6.49. The highest BCUT2D eigenvalue weighted by Gasteiger charge is 2.32. The SMILES string of the molecule is BC1=Cc2occ(C(=O)c3ccc(OC)cc3)c2C(=O)C1=O. The molecule has 6 heteroatoms. The Labute approximate surface area is 127 Å². The molecule has 0 amide bonds. The van der Waals surface area contributed by atoms with Crippen LogP contribution in [0.5, 0.6) is 5.75 Å². The quantitative estimate of drug-likeness (QED) is 0.484. The number of benzene rings is 1. The van der Waals surface area contributed by atoms with E-state index in [-0.39, 0.29) is 22.7 Å². The van der Waals surface area contributed by atoms with Gasteiger partial charge >= 0.3 is 0 Å². The Morgan fingerprint density at radius 3 is 2.45 bits per heavy atom. The van der Waals surface area contributed by atoms with Gasteiger partial charge in [0.15, 0.2) is 5.78 Å². The van der Waals surface area contributed by atoms with Crippen LogP contribution >= 0.6 is 0 Å². The number of hydrogen-bond donors (Lipinski definition) is 0. The molecule has 3 rings (SSSR count). The van der Waals surface area contributed by atoms with Gasteiger partial charge in [-0.05, 0) is 35.8 Å². The second-order valence-electron chi connectivity index (χ2n) is 4.93. The van der Waals surface area contributed by atoms with Gasteiger partial charge in [-0.15, -0.1) is 0 Å². The molecule has 1 heterocycles. The Morgan fingerprint density at radius 2 is 1.82 bits per heavy atom. The zero-order chi connectivity index (χ0) is 15.9. The molecule has 1 aromatic heterocycles. The first kappa shape index (κ1) is 14.1. The summed E-state index contributed by atoms with van der Waals surface area (Å²) >= 11 is 0. The third-order valence-corrected chi connectivity index (χ3v) is 3.56. The Hall–Kier alpha value is -2.89. The van der Waals surface area contributed by atoms with E-state index in [1.165, 1.54) is 27.3 Å². The van der Waals surface area contributed by atoms with E-state index in [9.17, 15) is 14.4 Å². The second-order valence-corrected chi connectivity index (χ2v) is 4.93. The summed E-state index contributed by atoms with van der Waals surface area (Å²) in [6.45, 7) is 0. The van der Waals surface area contributed by atoms with Crippen LogP contribution in [-0.2, 0) is 4.79 Å². The summed E-state index contributed by atoms with van der Waals surface area (Å²) in [5.74, 6) is -0.824. The number of carbonyl (C=O) groups excluding carboxylic acids is 3. The van der Waals surface area contributed by atoms with Crippen molar-refractivity contribution in [3.05, 3.63) is 58.5 Å². The van der Waals surface area contributed by atoms with E-state index in [2.05, 4.69) is 0 Å². The molecule has 0 atom stereocenters. The molecular weight excluding hydrogens is 283 g/mol. The number of allylic oxidation sites excluding steroid dienone is 1. The minimum Gasteiger partial charge on any atom is -0.497 e. The van der Waals surface area contributed by atoms with Crippen LogP contribution in [0.3, 0.4) is 0 Å². The number of ketones is 3. The van der Waals surface area contributed by atoms with E-state index in [0.29, 0.717) is 16.8 Å². The van der Waals surface area contributed by atoms with Crippen molar-refractivity contribution >= 4 is 31.3 Å². The monoisotopic (exact) mass is 294 g/mol. The maximum atomic E-state index is 12.5.